The van der Waals surface area contributed by atoms with Crippen molar-refractivity contribution in [3.63, 3.8) is 0 Å². The fraction of sp³-hybridized carbons (Fsp3) is 0.321. The fourth-order valence-corrected chi connectivity index (χ4v) is 4.30. The van der Waals surface area contributed by atoms with E-state index in [4.69, 9.17) is 0 Å². The molecule has 2 fully saturated rings. The van der Waals surface area contributed by atoms with Crippen molar-refractivity contribution >= 4 is 28.5 Å². The van der Waals surface area contributed by atoms with Crippen LogP contribution < -0.4 is 10.2 Å². The Bertz CT molecular complexity index is 1320. The van der Waals surface area contributed by atoms with Gasteiger partial charge in [0.1, 0.15) is 17.5 Å². The van der Waals surface area contributed by atoms with Gasteiger partial charge in [-0.05, 0) is 67.8 Å². The van der Waals surface area contributed by atoms with Gasteiger partial charge in [-0.15, -0.1) is 0 Å². The molecule has 1 saturated carbocycles. The topological polar surface area (TPSA) is 58.9 Å². The van der Waals surface area contributed by atoms with Crippen LogP contribution in [0.15, 0.2) is 60.6 Å². The zero-order valence-electron chi connectivity index (χ0n) is 20.3. The van der Waals surface area contributed by atoms with Gasteiger partial charge in [0.2, 0.25) is 0 Å². The fourth-order valence-electron chi connectivity index (χ4n) is 4.30. The first kappa shape index (κ1) is 22.1. The van der Waals surface area contributed by atoms with Crippen LogP contribution >= 0.6 is 0 Å². The Morgan fingerprint density at radius 1 is 0.912 bits per heavy atom. The van der Waals surface area contributed by atoms with E-state index in [1.54, 1.807) is 5.57 Å². The van der Waals surface area contributed by atoms with E-state index in [9.17, 15) is 0 Å². The Morgan fingerprint density at radius 3 is 2.44 bits per heavy atom. The summed E-state index contributed by atoms with van der Waals surface area (Å²) >= 11 is 0. The van der Waals surface area contributed by atoms with Gasteiger partial charge in [0.05, 0.1) is 11.9 Å². The number of hydrogen-bond acceptors (Lipinski definition) is 5. The van der Waals surface area contributed by atoms with Crippen LogP contribution in [0.4, 0.5) is 11.6 Å². The van der Waals surface area contributed by atoms with Crippen LogP contribution in [-0.2, 0) is 7.05 Å². The average molecular weight is 453 g/mol. The highest BCUT2D eigenvalue weighted by Crippen LogP contribution is 2.31. The van der Waals surface area contributed by atoms with Gasteiger partial charge >= 0.3 is 0 Å². The van der Waals surface area contributed by atoms with Gasteiger partial charge in [-0.3, -0.25) is 0 Å². The maximum atomic E-state index is 4.45. The number of pyridine rings is 2. The number of nitrogens with one attached hydrogen (secondary N) is 1. The molecule has 2 aliphatic rings. The highest BCUT2D eigenvalue weighted by molar-refractivity contribution is 5.88. The average Bonchev–Trinajstić information content (AvgIpc) is 3.37. The van der Waals surface area contributed by atoms with Crippen LogP contribution in [0.5, 0.6) is 0 Å². The van der Waals surface area contributed by atoms with Crippen molar-refractivity contribution in [2.24, 2.45) is 7.05 Å². The minimum absolute atomic E-state index is 0.880. The molecule has 4 aromatic rings. The molecule has 174 valence electrons. The third kappa shape index (κ3) is 4.96. The number of imidazole rings is 1. The maximum Gasteiger partial charge on any atom is 0.129 e. The third-order valence-corrected chi connectivity index (χ3v) is 6.60. The first-order valence-corrected chi connectivity index (χ1v) is 12.1. The van der Waals surface area contributed by atoms with Crippen molar-refractivity contribution in [3.8, 4) is 11.3 Å². The lowest BCUT2D eigenvalue weighted by atomic mass is 10.1. The number of aromatic nitrogens is 4. The summed E-state index contributed by atoms with van der Waals surface area (Å²) in [6, 6.07) is 12.8. The van der Waals surface area contributed by atoms with E-state index in [-0.39, 0.29) is 0 Å². The number of anilines is 2. The predicted molar refractivity (Wildman–Crippen MR) is 141 cm³/mol. The summed E-state index contributed by atoms with van der Waals surface area (Å²) in [6.45, 7) is 4.35. The van der Waals surface area contributed by atoms with E-state index in [0.29, 0.717) is 0 Å². The molecule has 1 N–H and O–H groups in total. The quantitative estimate of drug-likeness (QED) is 0.421. The van der Waals surface area contributed by atoms with E-state index >= 15 is 0 Å². The zero-order chi connectivity index (χ0) is 23.5. The van der Waals surface area contributed by atoms with E-state index in [1.165, 1.54) is 55.3 Å². The Morgan fingerprint density at radius 2 is 1.74 bits per heavy atom. The maximum absolute atomic E-state index is 4.45. The van der Waals surface area contributed by atoms with E-state index in [1.807, 2.05) is 39.6 Å². The van der Waals surface area contributed by atoms with Crippen molar-refractivity contribution in [1.82, 2.24) is 19.5 Å². The van der Waals surface area contributed by atoms with Crippen LogP contribution in [0.25, 0.3) is 28.1 Å². The van der Waals surface area contributed by atoms with Crippen molar-refractivity contribution in [3.05, 3.63) is 71.9 Å². The molecule has 3 aromatic heterocycles. The first-order chi connectivity index (χ1) is 16.6. The second kappa shape index (κ2) is 9.67. The van der Waals surface area contributed by atoms with Gasteiger partial charge in [-0.1, -0.05) is 23.8 Å². The molecule has 0 atom stereocenters. The Kier molecular flexibility index (Phi) is 6.30. The summed E-state index contributed by atoms with van der Waals surface area (Å²) in [6.07, 6.45) is 13.3. The summed E-state index contributed by atoms with van der Waals surface area (Å²) in [5.74, 6) is 3.05. The summed E-state index contributed by atoms with van der Waals surface area (Å²) in [5, 5.41) is 5.38. The molecule has 1 saturated heterocycles. The van der Waals surface area contributed by atoms with E-state index < -0.39 is 0 Å². The lowest BCUT2D eigenvalue weighted by molar-refractivity contribution is 0.865. The molecule has 1 aromatic carbocycles. The molecule has 6 rings (SSSR count). The number of nitrogens with zero attached hydrogens (tertiary/aromatic N) is 5. The highest BCUT2D eigenvalue weighted by atomic mass is 15.2. The Hall–Kier alpha value is -3.67. The van der Waals surface area contributed by atoms with Crippen LogP contribution in [0, 0.1) is 6.92 Å². The molecular weight excluding hydrogens is 420 g/mol. The van der Waals surface area contributed by atoms with Crippen molar-refractivity contribution in [1.29, 1.82) is 0 Å². The minimum atomic E-state index is 0.880. The smallest absolute Gasteiger partial charge is 0.129 e. The van der Waals surface area contributed by atoms with Gasteiger partial charge in [-0.25, -0.2) is 15.0 Å². The Labute approximate surface area is 201 Å². The summed E-state index contributed by atoms with van der Waals surface area (Å²) in [5.41, 5.74) is 5.19. The van der Waals surface area contributed by atoms with Crippen molar-refractivity contribution < 1.29 is 0 Å². The minimum Gasteiger partial charge on any atom is -0.373 e. The van der Waals surface area contributed by atoms with Crippen molar-refractivity contribution in [2.75, 3.05) is 30.4 Å². The molecule has 0 spiro atoms. The molecule has 0 radical (unpaired) electrons. The van der Waals surface area contributed by atoms with E-state index in [2.05, 4.69) is 72.2 Å². The molecule has 0 unspecified atom stereocenters. The molecule has 1 aliphatic heterocycles. The van der Waals surface area contributed by atoms with E-state index in [0.717, 1.165) is 28.5 Å². The highest BCUT2D eigenvalue weighted by Gasteiger charge is 2.14. The molecule has 1 aliphatic carbocycles. The number of benzene rings is 1. The first-order valence-electron chi connectivity index (χ1n) is 12.1. The molecule has 6 heteroatoms. The van der Waals surface area contributed by atoms with Crippen LogP contribution in [0.3, 0.4) is 0 Å². The summed E-state index contributed by atoms with van der Waals surface area (Å²) < 4.78 is 2.10. The molecule has 4 heterocycles. The number of aryl methyl sites for hydroxylation is 1. The zero-order valence-corrected chi connectivity index (χ0v) is 20.3. The normalized spacial score (nSPS) is 14.7. The van der Waals surface area contributed by atoms with Crippen LogP contribution in [0.1, 0.15) is 37.1 Å². The summed E-state index contributed by atoms with van der Waals surface area (Å²) in [7, 11) is 3.91. The predicted octanol–water partition coefficient (Wildman–Crippen LogP) is 5.84. The molecule has 6 nitrogen and oxygen atoms in total. The van der Waals surface area contributed by atoms with Crippen LogP contribution in [-0.4, -0.2) is 39.7 Å². The standard InChI is InChI=1S/C15H16N4.C13H16N2/c1-10-17-9-14(19(10)3)11-4-5-12-8-18-15(16-2)7-13(12)6-11;1-2-8-15(7-1)13-10-12(5-6-14-13)9-11-3-4-11/h4-9H,1-3H3,(H,16,18);5-6,9-10H,1-4,7-8H2. The molecule has 0 amide bonds. The third-order valence-electron chi connectivity index (χ3n) is 6.60. The van der Waals surface area contributed by atoms with Gasteiger partial charge < -0.3 is 14.8 Å². The second-order valence-corrected chi connectivity index (χ2v) is 9.08. The molecule has 34 heavy (non-hydrogen) atoms. The number of rotatable bonds is 4. The lowest BCUT2D eigenvalue weighted by Gasteiger charge is -2.16. The molecule has 0 bridgehead atoms. The van der Waals surface area contributed by atoms with Gasteiger partial charge in [0.15, 0.2) is 0 Å². The largest absolute Gasteiger partial charge is 0.373 e. The summed E-state index contributed by atoms with van der Waals surface area (Å²) in [4.78, 5) is 15.5. The Balaban J connectivity index is 0.000000145. The van der Waals surface area contributed by atoms with Gasteiger partial charge in [0.25, 0.3) is 0 Å². The SMILES string of the molecule is C(=C1CC1)c1ccnc(N2CCCC2)c1.CNc1cc2cc(-c3cnc(C)n3C)ccc2cn1. The number of allylic oxidation sites excluding steroid dienone is 1. The van der Waals surface area contributed by atoms with Crippen LogP contribution in [0.2, 0.25) is 0 Å². The lowest BCUT2D eigenvalue weighted by Crippen LogP contribution is -2.18. The number of hydrogen-bond donors (Lipinski definition) is 1. The monoisotopic (exact) mass is 452 g/mol. The van der Waals surface area contributed by atoms with Gasteiger partial charge in [0, 0.05) is 50.5 Å². The molecular formula is C28H32N6. The second-order valence-electron chi connectivity index (χ2n) is 9.08. The van der Waals surface area contributed by atoms with Gasteiger partial charge in [-0.2, -0.15) is 0 Å². The number of fused-ring (bicyclic) bond motifs is 1. The van der Waals surface area contributed by atoms with Crippen molar-refractivity contribution in [2.45, 2.75) is 32.6 Å².